The molecule has 0 aliphatic carbocycles. The van der Waals surface area contributed by atoms with E-state index in [1.54, 1.807) is 0 Å². The molecule has 0 aromatic heterocycles. The Bertz CT molecular complexity index is 224. The van der Waals surface area contributed by atoms with Gasteiger partial charge < -0.3 is 6.16 Å². The monoisotopic (exact) mass is 232 g/mol. The average molecular weight is 232 g/mol. The first kappa shape index (κ1) is 16.3. The number of nitro groups is 2. The third kappa shape index (κ3) is 7.32. The van der Waals surface area contributed by atoms with E-state index in [0.717, 1.165) is 6.92 Å². The summed E-state index contributed by atoms with van der Waals surface area (Å²) >= 11 is 0. The van der Waals surface area contributed by atoms with Crippen molar-refractivity contribution >= 4 is 5.97 Å². The van der Waals surface area contributed by atoms with Gasteiger partial charge in [-0.1, -0.05) is 0 Å². The molecular weight excluding hydrogens is 223 g/mol. The van der Waals surface area contributed by atoms with Crippen LogP contribution in [0.25, 0.3) is 0 Å². The van der Waals surface area contributed by atoms with Gasteiger partial charge in [0.25, 0.3) is 0 Å². The van der Waals surface area contributed by atoms with E-state index in [-0.39, 0.29) is 59.4 Å². The van der Waals surface area contributed by atoms with Crippen molar-refractivity contribution in [1.29, 1.82) is 0 Å². The van der Waals surface area contributed by atoms with Crippen LogP contribution in [0.5, 0.6) is 0 Å². The average Bonchev–Trinajstić information content (AvgIpc) is 1.95. The first-order valence-electron chi connectivity index (χ1n) is 3.35. The second kappa shape index (κ2) is 8.23. The molecule has 0 saturated heterocycles. The molecule has 8 nitrogen and oxygen atoms in total. The number of carbonyl (C=O) groups excluding carboxylic acids is 1. The summed E-state index contributed by atoms with van der Waals surface area (Å²) in [7, 11) is 0. The summed E-state index contributed by atoms with van der Waals surface area (Å²) in [4.78, 5) is 28.2. The summed E-state index contributed by atoms with van der Waals surface area (Å²) in [6.07, 6.45) is -2.32. The van der Waals surface area contributed by atoms with Gasteiger partial charge >= 0.3 is 63.5 Å². The topological polar surface area (TPSA) is 113 Å². The number of ether oxygens (including phenoxy) is 1. The first-order chi connectivity index (χ1) is 5.95. The van der Waals surface area contributed by atoms with E-state index in [9.17, 15) is 25.0 Å². The predicted octanol–water partition coefficient (Wildman–Crippen LogP) is -3.06. The molecule has 14 heavy (non-hydrogen) atoms. The molecule has 0 bridgehead atoms. The molecule has 0 aliphatic heterocycles. The summed E-state index contributed by atoms with van der Waals surface area (Å²) in [5.74, 6) is -0.620. The zero-order chi connectivity index (χ0) is 10.4. The van der Waals surface area contributed by atoms with Crippen molar-refractivity contribution in [2.45, 2.75) is 19.5 Å². The molecule has 0 amide bonds. The van der Waals surface area contributed by atoms with Crippen LogP contribution >= 0.6 is 0 Å². The van der Waals surface area contributed by atoms with E-state index in [4.69, 9.17) is 0 Å². The third-order valence-electron chi connectivity index (χ3n) is 1.17. The van der Waals surface area contributed by atoms with Crippen LogP contribution in [-0.2, 0) is 9.53 Å². The maximum atomic E-state index is 10.2. The van der Waals surface area contributed by atoms with Gasteiger partial charge in [-0.3, -0.25) is 25.0 Å². The molecule has 0 atom stereocenters. The Kier molecular flexibility index (Phi) is 9.61. The Labute approximate surface area is 123 Å². The molecule has 0 radical (unpaired) electrons. The molecule has 0 saturated carbocycles. The molecule has 0 rings (SSSR count). The Hall–Kier alpha value is -0.0936. The van der Waals surface area contributed by atoms with Crippen LogP contribution in [0.2, 0.25) is 0 Å². The van der Waals surface area contributed by atoms with Crippen LogP contribution in [0.4, 0.5) is 0 Å². The van der Waals surface area contributed by atoms with Crippen LogP contribution in [0.15, 0.2) is 0 Å². The quantitative estimate of drug-likeness (QED) is 0.163. The zero-order valence-electron chi connectivity index (χ0n) is 8.84. The molecule has 76 valence electrons. The minimum absolute atomic E-state index is 0. The molecule has 9 heteroatoms. The fourth-order valence-corrected chi connectivity index (χ4v) is 0.596. The van der Waals surface area contributed by atoms with Gasteiger partial charge in [-0.2, -0.15) is 0 Å². The number of carbonyl (C=O) groups is 1. The maximum absolute atomic E-state index is 10.2. The molecule has 0 heterocycles. The molecule has 0 unspecified atom stereocenters. The molecule has 0 spiro atoms. The van der Waals surface area contributed by atoms with Crippen LogP contribution < -0.4 is 51.4 Å². The Morgan fingerprint density at radius 1 is 1.43 bits per heavy atom. The van der Waals surface area contributed by atoms with E-state index >= 15 is 0 Å². The summed E-state index contributed by atoms with van der Waals surface area (Å²) in [6, 6.07) is 0. The fourth-order valence-electron chi connectivity index (χ4n) is 0.596. The fraction of sp³-hybridized carbons (Fsp3) is 0.800. The van der Waals surface area contributed by atoms with E-state index in [2.05, 4.69) is 4.74 Å². The van der Waals surface area contributed by atoms with E-state index in [1.807, 2.05) is 0 Å². The van der Waals surface area contributed by atoms with Crippen molar-refractivity contribution in [2.24, 2.45) is 0 Å². The van der Waals surface area contributed by atoms with E-state index < -0.39 is 28.4 Å². The van der Waals surface area contributed by atoms with Gasteiger partial charge in [-0.25, -0.2) is 0 Å². The maximum Gasteiger partial charge on any atom is 1.00 e. The van der Waals surface area contributed by atoms with Gasteiger partial charge in [-0.15, -0.1) is 0 Å². The summed E-state index contributed by atoms with van der Waals surface area (Å²) in [5, 5.41) is 20.1. The molecule has 0 aromatic carbocycles. The number of esters is 1. The number of rotatable bonds is 5. The number of nitrogens with zero attached hydrogens (tertiary/aromatic N) is 2. The predicted molar refractivity (Wildman–Crippen MR) is 40.1 cm³/mol. The van der Waals surface area contributed by atoms with Crippen molar-refractivity contribution in [3.05, 3.63) is 20.2 Å². The van der Waals surface area contributed by atoms with Crippen molar-refractivity contribution in [3.8, 4) is 0 Å². The molecule has 0 aromatic rings. The number of hydrogen-bond acceptors (Lipinski definition) is 6. The molecular formula is C5H9KN2O6. The first-order valence-corrected chi connectivity index (χ1v) is 3.35. The van der Waals surface area contributed by atoms with Crippen LogP contribution in [0, 0.1) is 20.2 Å². The van der Waals surface area contributed by atoms with Gasteiger partial charge in [0.15, 0.2) is 0 Å². The second-order valence-electron chi connectivity index (χ2n) is 2.18. The van der Waals surface area contributed by atoms with Gasteiger partial charge in [-0.05, 0) is 0 Å². The SMILES string of the molecule is CC(=O)OCCC([N+](=O)[O-])[N+](=O)[O-].[H-].[K+]. The van der Waals surface area contributed by atoms with Crippen molar-refractivity contribution in [1.82, 2.24) is 0 Å². The number of hydrogen-bond donors (Lipinski definition) is 0. The van der Waals surface area contributed by atoms with Crippen LogP contribution in [-0.4, -0.2) is 28.6 Å². The molecule has 0 fully saturated rings. The summed E-state index contributed by atoms with van der Waals surface area (Å²) in [6.45, 7) is 0.801. The third-order valence-corrected chi connectivity index (χ3v) is 1.17. The Morgan fingerprint density at radius 2 is 1.86 bits per heavy atom. The zero-order valence-corrected chi connectivity index (χ0v) is 11.0. The minimum atomic E-state index is -1.90. The van der Waals surface area contributed by atoms with Gasteiger partial charge in [0, 0.05) is 6.92 Å². The molecule has 0 N–H and O–H groups in total. The van der Waals surface area contributed by atoms with Gasteiger partial charge in [0.2, 0.25) is 0 Å². The smallest absolute Gasteiger partial charge is 1.00 e. The van der Waals surface area contributed by atoms with Crippen molar-refractivity contribution in [2.75, 3.05) is 6.61 Å². The largest absolute Gasteiger partial charge is 1.00 e. The summed E-state index contributed by atoms with van der Waals surface area (Å²) in [5.41, 5.74) is 0. The summed E-state index contributed by atoms with van der Waals surface area (Å²) < 4.78 is 4.32. The minimum Gasteiger partial charge on any atom is -1.00 e. The van der Waals surface area contributed by atoms with Gasteiger partial charge in [0.05, 0.1) is 9.85 Å². The Morgan fingerprint density at radius 3 is 2.14 bits per heavy atom. The van der Waals surface area contributed by atoms with Crippen molar-refractivity contribution < 1.29 is 72.2 Å². The molecule has 0 aliphatic rings. The normalized spacial score (nSPS) is 9.00. The van der Waals surface area contributed by atoms with Crippen molar-refractivity contribution in [3.63, 3.8) is 0 Å². The van der Waals surface area contributed by atoms with E-state index in [0.29, 0.717) is 0 Å². The van der Waals surface area contributed by atoms with Gasteiger partial charge in [0.1, 0.15) is 13.0 Å². The second-order valence-corrected chi connectivity index (χ2v) is 2.18. The van der Waals surface area contributed by atoms with Crippen LogP contribution in [0.1, 0.15) is 14.8 Å². The van der Waals surface area contributed by atoms with E-state index in [1.165, 1.54) is 0 Å². The standard InChI is InChI=1S/C5H8N2O6.K.H/c1-4(8)13-3-2-5(6(9)10)7(11)12;;/h5H,2-3H2,1H3;;/q;+1;-1. The van der Waals surface area contributed by atoms with Crippen LogP contribution in [0.3, 0.4) is 0 Å². The Balaban J connectivity index is -0.000000720.